The monoisotopic (exact) mass is 342 g/mol. The van der Waals surface area contributed by atoms with Gasteiger partial charge in [0.1, 0.15) is 0 Å². The lowest BCUT2D eigenvalue weighted by Crippen LogP contribution is -2.33. The number of hydrogen-bond acceptors (Lipinski definition) is 2. The molecule has 0 bridgehead atoms. The van der Waals surface area contributed by atoms with Gasteiger partial charge in [0.05, 0.1) is 22.8 Å². The first kappa shape index (κ1) is 16.8. The SMILES string of the molecule is O=C(CNC(=O)c1ccc(F)c(F)c1F)Nc1ccccc1Cl. The van der Waals surface area contributed by atoms with Crippen LogP contribution in [0.3, 0.4) is 0 Å². The largest absolute Gasteiger partial charge is 0.343 e. The molecule has 2 aromatic carbocycles. The molecule has 0 radical (unpaired) electrons. The highest BCUT2D eigenvalue weighted by Gasteiger charge is 2.19. The molecule has 0 aliphatic carbocycles. The van der Waals surface area contributed by atoms with Gasteiger partial charge in [0, 0.05) is 0 Å². The van der Waals surface area contributed by atoms with E-state index >= 15 is 0 Å². The van der Waals surface area contributed by atoms with Crippen molar-refractivity contribution in [3.8, 4) is 0 Å². The van der Waals surface area contributed by atoms with E-state index in [0.717, 1.165) is 6.07 Å². The van der Waals surface area contributed by atoms with Crippen molar-refractivity contribution in [2.24, 2.45) is 0 Å². The second-order valence-corrected chi connectivity index (χ2v) is 4.84. The number of anilines is 1. The van der Waals surface area contributed by atoms with Gasteiger partial charge >= 0.3 is 0 Å². The molecular weight excluding hydrogens is 333 g/mol. The molecule has 120 valence electrons. The molecule has 0 saturated heterocycles. The van der Waals surface area contributed by atoms with Gasteiger partial charge in [0.25, 0.3) is 5.91 Å². The van der Waals surface area contributed by atoms with E-state index in [0.29, 0.717) is 16.8 Å². The van der Waals surface area contributed by atoms with E-state index in [1.165, 1.54) is 0 Å². The maximum Gasteiger partial charge on any atom is 0.254 e. The average molecular weight is 343 g/mol. The lowest BCUT2D eigenvalue weighted by molar-refractivity contribution is -0.115. The van der Waals surface area contributed by atoms with Crippen LogP contribution in [-0.2, 0) is 4.79 Å². The Morgan fingerprint density at radius 2 is 1.70 bits per heavy atom. The molecule has 2 N–H and O–H groups in total. The first-order valence-electron chi connectivity index (χ1n) is 6.36. The molecule has 0 fully saturated rings. The molecule has 0 unspecified atom stereocenters. The summed E-state index contributed by atoms with van der Waals surface area (Å²) in [4.78, 5) is 23.4. The number of carbonyl (C=O) groups excluding carboxylic acids is 2. The third-order valence-electron chi connectivity index (χ3n) is 2.84. The highest BCUT2D eigenvalue weighted by molar-refractivity contribution is 6.33. The minimum atomic E-state index is -1.75. The summed E-state index contributed by atoms with van der Waals surface area (Å²) >= 11 is 5.85. The molecule has 0 atom stereocenters. The third-order valence-corrected chi connectivity index (χ3v) is 3.17. The molecule has 2 amide bonds. The van der Waals surface area contributed by atoms with Crippen molar-refractivity contribution < 1.29 is 22.8 Å². The summed E-state index contributed by atoms with van der Waals surface area (Å²) in [6, 6.07) is 7.85. The Morgan fingerprint density at radius 1 is 1.00 bits per heavy atom. The number of nitrogens with one attached hydrogen (secondary N) is 2. The summed E-state index contributed by atoms with van der Waals surface area (Å²) in [6.07, 6.45) is 0. The molecular formula is C15H10ClF3N2O2. The number of rotatable bonds is 4. The molecule has 0 heterocycles. The summed E-state index contributed by atoms with van der Waals surface area (Å²) in [5, 5.41) is 4.85. The quantitative estimate of drug-likeness (QED) is 0.839. The van der Waals surface area contributed by atoms with Crippen LogP contribution >= 0.6 is 11.6 Å². The number of amides is 2. The Morgan fingerprint density at radius 3 is 2.39 bits per heavy atom. The van der Waals surface area contributed by atoms with Gasteiger partial charge in [-0.05, 0) is 24.3 Å². The van der Waals surface area contributed by atoms with E-state index in [4.69, 9.17) is 11.6 Å². The fourth-order valence-corrected chi connectivity index (χ4v) is 1.90. The van der Waals surface area contributed by atoms with Crippen molar-refractivity contribution in [1.82, 2.24) is 5.32 Å². The van der Waals surface area contributed by atoms with E-state index in [2.05, 4.69) is 10.6 Å². The van der Waals surface area contributed by atoms with Gasteiger partial charge < -0.3 is 10.6 Å². The molecule has 4 nitrogen and oxygen atoms in total. The van der Waals surface area contributed by atoms with Crippen LogP contribution in [-0.4, -0.2) is 18.4 Å². The standard InChI is InChI=1S/C15H10ClF3N2O2/c16-9-3-1-2-4-11(9)21-12(22)7-20-15(23)8-5-6-10(17)14(19)13(8)18/h1-6H,7H2,(H,20,23)(H,21,22). The van der Waals surface area contributed by atoms with Gasteiger partial charge in [-0.1, -0.05) is 23.7 Å². The molecule has 2 aromatic rings. The molecule has 0 saturated carbocycles. The fraction of sp³-hybridized carbons (Fsp3) is 0.0667. The zero-order valence-electron chi connectivity index (χ0n) is 11.5. The zero-order valence-corrected chi connectivity index (χ0v) is 12.3. The molecule has 0 aromatic heterocycles. The van der Waals surface area contributed by atoms with Crippen LogP contribution in [0.2, 0.25) is 5.02 Å². The zero-order chi connectivity index (χ0) is 17.0. The van der Waals surface area contributed by atoms with Crippen LogP contribution in [0.5, 0.6) is 0 Å². The minimum Gasteiger partial charge on any atom is -0.343 e. The summed E-state index contributed by atoms with van der Waals surface area (Å²) in [5.74, 6) is -6.44. The van der Waals surface area contributed by atoms with Crippen molar-refractivity contribution in [2.75, 3.05) is 11.9 Å². The van der Waals surface area contributed by atoms with Crippen LogP contribution in [0.1, 0.15) is 10.4 Å². The Bertz CT molecular complexity index is 768. The van der Waals surface area contributed by atoms with E-state index in [1.54, 1.807) is 24.3 Å². The Labute approximate surface area is 134 Å². The minimum absolute atomic E-state index is 0.304. The molecule has 2 rings (SSSR count). The van der Waals surface area contributed by atoms with Gasteiger partial charge in [0.2, 0.25) is 5.91 Å². The van der Waals surface area contributed by atoms with E-state index in [9.17, 15) is 22.8 Å². The van der Waals surface area contributed by atoms with E-state index in [1.807, 2.05) is 0 Å². The van der Waals surface area contributed by atoms with Crippen LogP contribution < -0.4 is 10.6 Å². The first-order valence-corrected chi connectivity index (χ1v) is 6.74. The summed E-state index contributed by atoms with van der Waals surface area (Å²) in [7, 11) is 0. The average Bonchev–Trinajstić information content (AvgIpc) is 2.53. The first-order chi connectivity index (χ1) is 10.9. The van der Waals surface area contributed by atoms with Crippen LogP contribution in [0.15, 0.2) is 36.4 Å². The Kier molecular flexibility index (Phi) is 5.23. The molecule has 8 heteroatoms. The Hall–Kier alpha value is -2.54. The molecule has 0 spiro atoms. The summed E-state index contributed by atoms with van der Waals surface area (Å²) in [6.45, 7) is -0.498. The number of carbonyl (C=O) groups is 2. The van der Waals surface area contributed by atoms with Crippen molar-refractivity contribution in [2.45, 2.75) is 0 Å². The van der Waals surface area contributed by atoms with Crippen molar-refractivity contribution in [3.63, 3.8) is 0 Å². The van der Waals surface area contributed by atoms with Gasteiger partial charge in [-0.2, -0.15) is 0 Å². The maximum atomic E-state index is 13.4. The lowest BCUT2D eigenvalue weighted by Gasteiger charge is -2.09. The normalized spacial score (nSPS) is 10.3. The van der Waals surface area contributed by atoms with Crippen LogP contribution in [0, 0.1) is 17.5 Å². The van der Waals surface area contributed by atoms with Gasteiger partial charge in [0.15, 0.2) is 17.5 Å². The topological polar surface area (TPSA) is 58.2 Å². The second kappa shape index (κ2) is 7.15. The molecule has 23 heavy (non-hydrogen) atoms. The van der Waals surface area contributed by atoms with Crippen LogP contribution in [0.4, 0.5) is 18.9 Å². The second-order valence-electron chi connectivity index (χ2n) is 4.43. The smallest absolute Gasteiger partial charge is 0.254 e. The third kappa shape index (κ3) is 4.01. The van der Waals surface area contributed by atoms with Gasteiger partial charge in [-0.15, -0.1) is 0 Å². The molecule has 0 aliphatic heterocycles. The summed E-state index contributed by atoms with van der Waals surface area (Å²) < 4.78 is 39.3. The highest BCUT2D eigenvalue weighted by atomic mass is 35.5. The number of hydrogen-bond donors (Lipinski definition) is 2. The van der Waals surface area contributed by atoms with Gasteiger partial charge in [-0.3, -0.25) is 9.59 Å². The molecule has 0 aliphatic rings. The summed E-state index contributed by atoms with van der Waals surface area (Å²) in [5.41, 5.74) is -0.359. The van der Waals surface area contributed by atoms with Crippen molar-refractivity contribution in [1.29, 1.82) is 0 Å². The highest BCUT2D eigenvalue weighted by Crippen LogP contribution is 2.20. The number of halogens is 4. The van der Waals surface area contributed by atoms with E-state index < -0.39 is 41.4 Å². The van der Waals surface area contributed by atoms with Crippen molar-refractivity contribution in [3.05, 3.63) is 64.4 Å². The predicted octanol–water partition coefficient (Wildman–Crippen LogP) is 3.13. The lowest BCUT2D eigenvalue weighted by atomic mass is 10.2. The maximum absolute atomic E-state index is 13.4. The number of para-hydroxylation sites is 1. The fourth-order valence-electron chi connectivity index (χ4n) is 1.71. The predicted molar refractivity (Wildman–Crippen MR) is 78.7 cm³/mol. The van der Waals surface area contributed by atoms with Gasteiger partial charge in [-0.25, -0.2) is 13.2 Å². The Balaban J connectivity index is 1.98. The van der Waals surface area contributed by atoms with Crippen molar-refractivity contribution >= 4 is 29.1 Å². The number of benzene rings is 2. The van der Waals surface area contributed by atoms with Crippen LogP contribution in [0.25, 0.3) is 0 Å². The van der Waals surface area contributed by atoms with E-state index in [-0.39, 0.29) is 0 Å².